The van der Waals surface area contributed by atoms with Crippen molar-refractivity contribution in [3.63, 3.8) is 0 Å². The SMILES string of the molecule is CN(CCCC(C)(C)C)Cc1nnc2n1CCNC2=O. The van der Waals surface area contributed by atoms with Crippen LogP contribution in [0.25, 0.3) is 0 Å². The lowest BCUT2D eigenvalue weighted by molar-refractivity contribution is 0.0920. The van der Waals surface area contributed by atoms with Gasteiger partial charge in [0.15, 0.2) is 0 Å². The quantitative estimate of drug-likeness (QED) is 0.882. The van der Waals surface area contributed by atoms with Crippen molar-refractivity contribution in [2.24, 2.45) is 5.41 Å². The summed E-state index contributed by atoms with van der Waals surface area (Å²) in [5.41, 5.74) is 0.382. The predicted octanol–water partition coefficient (Wildman–Crippen LogP) is 1.28. The number of nitrogens with zero attached hydrogens (tertiary/aromatic N) is 4. The summed E-state index contributed by atoms with van der Waals surface area (Å²) in [6.07, 6.45) is 2.37. The minimum atomic E-state index is -0.120. The zero-order valence-corrected chi connectivity index (χ0v) is 12.9. The van der Waals surface area contributed by atoms with Crippen LogP contribution >= 0.6 is 0 Å². The minimum absolute atomic E-state index is 0.120. The molecule has 6 heteroatoms. The molecule has 1 aromatic rings. The Bertz CT molecular complexity index is 474. The van der Waals surface area contributed by atoms with E-state index in [2.05, 4.69) is 48.2 Å². The normalized spacial score (nSPS) is 15.3. The van der Waals surface area contributed by atoms with E-state index in [0.29, 0.717) is 17.8 Å². The Morgan fingerprint density at radius 2 is 2.10 bits per heavy atom. The van der Waals surface area contributed by atoms with Gasteiger partial charge in [0, 0.05) is 13.1 Å². The predicted molar refractivity (Wildman–Crippen MR) is 77.4 cm³/mol. The third-order valence-electron chi connectivity index (χ3n) is 3.53. The van der Waals surface area contributed by atoms with Gasteiger partial charge in [-0.15, -0.1) is 10.2 Å². The molecule has 0 radical (unpaired) electrons. The van der Waals surface area contributed by atoms with Gasteiger partial charge in [-0.2, -0.15) is 0 Å². The molecule has 1 aliphatic rings. The highest BCUT2D eigenvalue weighted by atomic mass is 16.2. The summed E-state index contributed by atoms with van der Waals surface area (Å²) in [4.78, 5) is 13.9. The maximum Gasteiger partial charge on any atom is 0.289 e. The first kappa shape index (κ1) is 15.0. The Hall–Kier alpha value is -1.43. The van der Waals surface area contributed by atoms with E-state index >= 15 is 0 Å². The van der Waals surface area contributed by atoms with Crippen molar-refractivity contribution in [2.45, 2.75) is 46.7 Å². The summed E-state index contributed by atoms with van der Waals surface area (Å²) >= 11 is 0. The summed E-state index contributed by atoms with van der Waals surface area (Å²) in [6, 6.07) is 0. The molecule has 1 aromatic heterocycles. The standard InChI is InChI=1S/C14H25N5O/c1-14(2,3)6-5-8-18(4)10-11-16-17-12-13(20)15-7-9-19(11)12/h5-10H2,1-4H3,(H,15,20). The lowest BCUT2D eigenvalue weighted by atomic mass is 9.90. The van der Waals surface area contributed by atoms with Crippen molar-refractivity contribution < 1.29 is 4.79 Å². The fourth-order valence-electron chi connectivity index (χ4n) is 2.42. The van der Waals surface area contributed by atoms with Crippen LogP contribution in [0.1, 0.15) is 50.1 Å². The Kier molecular flexibility index (Phi) is 4.42. The molecular weight excluding hydrogens is 254 g/mol. The molecule has 0 saturated carbocycles. The second kappa shape index (κ2) is 5.91. The fourth-order valence-corrected chi connectivity index (χ4v) is 2.42. The second-order valence-electron chi connectivity index (χ2n) is 6.75. The molecule has 0 atom stereocenters. The maximum absolute atomic E-state index is 11.6. The fraction of sp³-hybridized carbons (Fsp3) is 0.786. The van der Waals surface area contributed by atoms with Crippen LogP contribution in [0.15, 0.2) is 0 Å². The van der Waals surface area contributed by atoms with Crippen LogP contribution in [0.4, 0.5) is 0 Å². The van der Waals surface area contributed by atoms with Crippen LogP contribution in [0.3, 0.4) is 0 Å². The number of nitrogens with one attached hydrogen (secondary N) is 1. The van der Waals surface area contributed by atoms with E-state index in [1.54, 1.807) is 0 Å². The second-order valence-corrected chi connectivity index (χ2v) is 6.75. The lowest BCUT2D eigenvalue weighted by Crippen LogP contribution is -2.36. The van der Waals surface area contributed by atoms with E-state index in [9.17, 15) is 4.79 Å². The summed E-state index contributed by atoms with van der Waals surface area (Å²) in [7, 11) is 2.09. The van der Waals surface area contributed by atoms with E-state index in [1.165, 1.54) is 12.8 Å². The number of hydrogen-bond donors (Lipinski definition) is 1. The summed E-state index contributed by atoms with van der Waals surface area (Å²) < 4.78 is 1.93. The first-order valence-corrected chi connectivity index (χ1v) is 7.26. The average molecular weight is 279 g/mol. The van der Waals surface area contributed by atoms with Gasteiger partial charge in [-0.3, -0.25) is 9.69 Å². The smallest absolute Gasteiger partial charge is 0.289 e. The zero-order chi connectivity index (χ0) is 14.8. The number of aromatic nitrogens is 3. The van der Waals surface area contributed by atoms with Gasteiger partial charge in [0.05, 0.1) is 6.54 Å². The Morgan fingerprint density at radius 1 is 1.35 bits per heavy atom. The van der Waals surface area contributed by atoms with Crippen LogP contribution in [0.2, 0.25) is 0 Å². The Labute approximate surface area is 120 Å². The largest absolute Gasteiger partial charge is 0.348 e. The van der Waals surface area contributed by atoms with Gasteiger partial charge in [-0.1, -0.05) is 20.8 Å². The van der Waals surface area contributed by atoms with E-state index in [4.69, 9.17) is 0 Å². The minimum Gasteiger partial charge on any atom is -0.348 e. The monoisotopic (exact) mass is 279 g/mol. The maximum atomic E-state index is 11.6. The van der Waals surface area contributed by atoms with Crippen molar-refractivity contribution in [1.29, 1.82) is 0 Å². The Morgan fingerprint density at radius 3 is 2.80 bits per heavy atom. The first-order valence-electron chi connectivity index (χ1n) is 7.26. The molecule has 0 aromatic carbocycles. The van der Waals surface area contributed by atoms with Crippen molar-refractivity contribution in [1.82, 2.24) is 25.0 Å². The molecule has 1 N–H and O–H groups in total. The average Bonchev–Trinajstić information content (AvgIpc) is 2.72. The molecule has 2 heterocycles. The van der Waals surface area contributed by atoms with Crippen LogP contribution in [-0.2, 0) is 13.1 Å². The molecule has 6 nitrogen and oxygen atoms in total. The van der Waals surface area contributed by atoms with Gasteiger partial charge in [0.1, 0.15) is 5.82 Å². The molecule has 0 bridgehead atoms. The molecular formula is C14H25N5O. The highest BCUT2D eigenvalue weighted by molar-refractivity contribution is 5.91. The van der Waals surface area contributed by atoms with Crippen molar-refractivity contribution in [2.75, 3.05) is 20.1 Å². The van der Waals surface area contributed by atoms with Crippen molar-refractivity contribution in [3.05, 3.63) is 11.6 Å². The topological polar surface area (TPSA) is 63.1 Å². The van der Waals surface area contributed by atoms with Gasteiger partial charge >= 0.3 is 0 Å². The molecule has 0 saturated heterocycles. The van der Waals surface area contributed by atoms with Gasteiger partial charge in [0.25, 0.3) is 5.91 Å². The number of amides is 1. The van der Waals surface area contributed by atoms with Gasteiger partial charge in [-0.05, 0) is 31.8 Å². The highest BCUT2D eigenvalue weighted by Crippen LogP contribution is 2.20. The lowest BCUT2D eigenvalue weighted by Gasteiger charge is -2.22. The van der Waals surface area contributed by atoms with Gasteiger partial charge in [0.2, 0.25) is 5.82 Å². The van der Waals surface area contributed by atoms with Crippen molar-refractivity contribution >= 4 is 5.91 Å². The van der Waals surface area contributed by atoms with E-state index in [0.717, 1.165) is 25.5 Å². The van der Waals surface area contributed by atoms with Crippen LogP contribution < -0.4 is 5.32 Å². The number of carbonyl (C=O) groups excluding carboxylic acids is 1. The molecule has 2 rings (SSSR count). The Balaban J connectivity index is 1.89. The molecule has 20 heavy (non-hydrogen) atoms. The third-order valence-corrected chi connectivity index (χ3v) is 3.53. The highest BCUT2D eigenvalue weighted by Gasteiger charge is 2.22. The molecule has 0 unspecified atom stereocenters. The van der Waals surface area contributed by atoms with Gasteiger partial charge < -0.3 is 9.88 Å². The van der Waals surface area contributed by atoms with Crippen molar-refractivity contribution in [3.8, 4) is 0 Å². The number of carbonyl (C=O) groups is 1. The summed E-state index contributed by atoms with van der Waals surface area (Å²) in [6.45, 7) is 9.99. The van der Waals surface area contributed by atoms with Crippen LogP contribution in [0, 0.1) is 5.41 Å². The van der Waals surface area contributed by atoms with Crippen LogP contribution in [0.5, 0.6) is 0 Å². The molecule has 1 amide bonds. The molecule has 0 spiro atoms. The zero-order valence-electron chi connectivity index (χ0n) is 12.9. The number of hydrogen-bond acceptors (Lipinski definition) is 4. The van der Waals surface area contributed by atoms with Crippen LogP contribution in [-0.4, -0.2) is 45.7 Å². The molecule has 0 aliphatic carbocycles. The van der Waals surface area contributed by atoms with E-state index < -0.39 is 0 Å². The molecule has 112 valence electrons. The molecule has 1 aliphatic heterocycles. The number of rotatable bonds is 5. The van der Waals surface area contributed by atoms with Gasteiger partial charge in [-0.25, -0.2) is 0 Å². The summed E-state index contributed by atoms with van der Waals surface area (Å²) in [5.74, 6) is 1.20. The van der Waals surface area contributed by atoms with E-state index in [-0.39, 0.29) is 5.91 Å². The third kappa shape index (κ3) is 3.79. The molecule has 0 fully saturated rings. The number of fused-ring (bicyclic) bond motifs is 1. The van der Waals surface area contributed by atoms with E-state index in [1.807, 2.05) is 4.57 Å². The summed E-state index contributed by atoms with van der Waals surface area (Å²) in [5, 5.41) is 10.9. The first-order chi connectivity index (χ1) is 9.37.